The van der Waals surface area contributed by atoms with Gasteiger partial charge in [0.05, 0.1) is 9.82 Å². The van der Waals surface area contributed by atoms with Crippen LogP contribution in [0.4, 0.5) is 22.7 Å². The van der Waals surface area contributed by atoms with E-state index in [9.17, 15) is 23.3 Å². The quantitative estimate of drug-likeness (QED) is 0.0628. The number of rotatable bonds is 17. The van der Waals surface area contributed by atoms with Crippen molar-refractivity contribution in [3.63, 3.8) is 0 Å². The maximum absolute atomic E-state index is 13.3. The third kappa shape index (κ3) is 11.4. The summed E-state index contributed by atoms with van der Waals surface area (Å²) in [4.78, 5) is 32.1. The number of para-hydroxylation sites is 1. The lowest BCUT2D eigenvalue weighted by Crippen LogP contribution is -2.46. The highest BCUT2D eigenvalue weighted by molar-refractivity contribution is 7.99. The lowest BCUT2D eigenvalue weighted by atomic mass is 10.1. The number of carbonyl (C=O) groups excluding carboxylic acids is 1. The van der Waals surface area contributed by atoms with E-state index >= 15 is 0 Å². The summed E-state index contributed by atoms with van der Waals surface area (Å²) in [6.07, 6.45) is 0.709. The van der Waals surface area contributed by atoms with Crippen molar-refractivity contribution in [2.24, 2.45) is 0 Å². The third-order valence-corrected chi connectivity index (χ3v) is 11.4. The van der Waals surface area contributed by atoms with E-state index in [1.54, 1.807) is 23.9 Å². The molecule has 5 rings (SSSR count). The Morgan fingerprint density at radius 1 is 0.887 bits per heavy atom. The summed E-state index contributed by atoms with van der Waals surface area (Å²) >= 11 is 1.64. The van der Waals surface area contributed by atoms with Gasteiger partial charge in [0.2, 0.25) is 0 Å². The summed E-state index contributed by atoms with van der Waals surface area (Å²) < 4.78 is 28.7. The van der Waals surface area contributed by atoms with Crippen LogP contribution in [0.2, 0.25) is 0 Å². The molecule has 1 fully saturated rings. The monoisotopic (exact) mass is 759 g/mol. The van der Waals surface area contributed by atoms with Crippen LogP contribution in [0.1, 0.15) is 36.2 Å². The number of hydrogen-bond donors (Lipinski definition) is 3. The Morgan fingerprint density at radius 2 is 1.57 bits per heavy atom. The molecule has 1 heterocycles. The van der Waals surface area contributed by atoms with Crippen molar-refractivity contribution in [3.05, 3.63) is 118 Å². The Labute approximate surface area is 317 Å². The molecule has 53 heavy (non-hydrogen) atoms. The van der Waals surface area contributed by atoms with Crippen molar-refractivity contribution in [1.82, 2.24) is 14.5 Å². The molecule has 4 aromatic carbocycles. The Morgan fingerprint density at radius 3 is 2.23 bits per heavy atom. The molecule has 0 unspecified atom stereocenters. The molecule has 0 radical (unpaired) electrons. The minimum Gasteiger partial charge on any atom is -0.383 e. The summed E-state index contributed by atoms with van der Waals surface area (Å²) in [5.41, 5.74) is 3.35. The number of nitro groups is 1. The number of thioether (sulfide) groups is 1. The topological polar surface area (TPSA) is 140 Å². The zero-order valence-electron chi connectivity index (χ0n) is 30.7. The second-order valence-corrected chi connectivity index (χ2v) is 16.5. The van der Waals surface area contributed by atoms with Gasteiger partial charge in [-0.05, 0) is 101 Å². The van der Waals surface area contributed by atoms with Gasteiger partial charge < -0.3 is 20.4 Å². The third-order valence-electron chi connectivity index (χ3n) is 8.90. The zero-order chi connectivity index (χ0) is 38.0. The summed E-state index contributed by atoms with van der Waals surface area (Å²) in [6, 6.07) is 29.0. The number of anilines is 3. The predicted octanol–water partition coefficient (Wildman–Crippen LogP) is 6.38. The molecule has 1 aliphatic rings. The number of carbonyl (C=O) groups is 1. The SMILES string of the molecule is CC(C)Nc1ccccc1CN1CCN(c2ccc(C(=O)NS(=O)(=O)c3ccc(N[C@H](CCN(C)C)CSc4ccccc4)c([N+](=O)[O-])c3)cc2)CC1. The first-order valence-electron chi connectivity index (χ1n) is 17.7. The fourth-order valence-corrected chi connectivity index (χ4v) is 8.06. The van der Waals surface area contributed by atoms with Crippen LogP contribution in [0.25, 0.3) is 0 Å². The van der Waals surface area contributed by atoms with Gasteiger partial charge >= 0.3 is 0 Å². The van der Waals surface area contributed by atoms with Gasteiger partial charge in [-0.25, -0.2) is 13.1 Å². The first kappa shape index (κ1) is 39.6. The number of nitrogens with zero attached hydrogens (tertiary/aromatic N) is 4. The second kappa shape index (κ2) is 18.4. The molecule has 282 valence electrons. The fourth-order valence-electron chi connectivity index (χ4n) is 6.07. The van der Waals surface area contributed by atoms with Crippen LogP contribution in [-0.4, -0.2) is 93.7 Å². The summed E-state index contributed by atoms with van der Waals surface area (Å²) in [5, 5.41) is 18.9. The minimum atomic E-state index is -4.41. The van der Waals surface area contributed by atoms with Crippen LogP contribution < -0.4 is 20.3 Å². The molecule has 0 spiro atoms. The van der Waals surface area contributed by atoms with Crippen LogP contribution in [0.5, 0.6) is 0 Å². The fraction of sp³-hybridized carbons (Fsp3) is 0.359. The number of sulfonamides is 1. The van der Waals surface area contributed by atoms with E-state index in [0.717, 1.165) is 61.6 Å². The molecule has 14 heteroatoms. The van der Waals surface area contributed by atoms with Crippen LogP contribution in [0.15, 0.2) is 107 Å². The van der Waals surface area contributed by atoms with Gasteiger partial charge in [-0.1, -0.05) is 36.4 Å². The van der Waals surface area contributed by atoms with Crippen molar-refractivity contribution in [2.45, 2.75) is 48.7 Å². The molecule has 0 aromatic heterocycles. The number of nitro benzene ring substituents is 1. The predicted molar refractivity (Wildman–Crippen MR) is 215 cm³/mol. The summed E-state index contributed by atoms with van der Waals surface area (Å²) in [5.74, 6) is -0.174. The molecule has 12 nitrogen and oxygen atoms in total. The van der Waals surface area contributed by atoms with E-state index in [1.807, 2.05) is 67.5 Å². The number of benzene rings is 4. The Balaban J connectivity index is 1.19. The lowest BCUT2D eigenvalue weighted by Gasteiger charge is -2.36. The smallest absolute Gasteiger partial charge is 0.293 e. The molecule has 0 bridgehead atoms. The Kier molecular flexibility index (Phi) is 13.8. The van der Waals surface area contributed by atoms with Crippen LogP contribution in [0.3, 0.4) is 0 Å². The van der Waals surface area contributed by atoms with Crippen LogP contribution in [-0.2, 0) is 16.6 Å². The Bertz CT molecular complexity index is 1940. The summed E-state index contributed by atoms with van der Waals surface area (Å²) in [7, 11) is -0.491. The number of nitrogens with one attached hydrogen (secondary N) is 3. The van der Waals surface area contributed by atoms with Crippen molar-refractivity contribution < 1.29 is 18.1 Å². The average molecular weight is 760 g/mol. The maximum atomic E-state index is 13.3. The lowest BCUT2D eigenvalue weighted by molar-refractivity contribution is -0.384. The van der Waals surface area contributed by atoms with Gasteiger partial charge in [0.15, 0.2) is 0 Å². The van der Waals surface area contributed by atoms with Gasteiger partial charge in [0.25, 0.3) is 21.6 Å². The van der Waals surface area contributed by atoms with E-state index in [1.165, 1.54) is 17.7 Å². The van der Waals surface area contributed by atoms with E-state index in [-0.39, 0.29) is 27.9 Å². The zero-order valence-corrected chi connectivity index (χ0v) is 32.3. The van der Waals surface area contributed by atoms with E-state index in [0.29, 0.717) is 18.2 Å². The van der Waals surface area contributed by atoms with Gasteiger partial charge in [0.1, 0.15) is 5.69 Å². The molecular formula is C39H49N7O5S2. The molecule has 1 amide bonds. The number of amides is 1. The van der Waals surface area contributed by atoms with Crippen molar-refractivity contribution >= 4 is 50.4 Å². The number of piperazine rings is 1. The Hall–Kier alpha value is -4.63. The largest absolute Gasteiger partial charge is 0.383 e. The van der Waals surface area contributed by atoms with E-state index in [4.69, 9.17) is 0 Å². The van der Waals surface area contributed by atoms with Crippen molar-refractivity contribution in [3.8, 4) is 0 Å². The average Bonchev–Trinajstić information content (AvgIpc) is 3.14. The van der Waals surface area contributed by atoms with Crippen LogP contribution in [0, 0.1) is 10.1 Å². The molecule has 0 saturated carbocycles. The normalized spacial score (nSPS) is 14.3. The molecular weight excluding hydrogens is 711 g/mol. The highest BCUT2D eigenvalue weighted by atomic mass is 32.2. The van der Waals surface area contributed by atoms with Crippen LogP contribution >= 0.6 is 11.8 Å². The molecule has 1 atom stereocenters. The van der Waals surface area contributed by atoms with Gasteiger partial charge in [0, 0.05) is 78.5 Å². The van der Waals surface area contributed by atoms with Gasteiger partial charge in [-0.15, -0.1) is 11.8 Å². The highest BCUT2D eigenvalue weighted by Crippen LogP contribution is 2.30. The first-order chi connectivity index (χ1) is 25.4. The molecule has 1 aliphatic heterocycles. The number of hydrogen-bond acceptors (Lipinski definition) is 11. The molecule has 4 aromatic rings. The second-order valence-electron chi connectivity index (χ2n) is 13.7. The molecule has 0 aliphatic carbocycles. The highest BCUT2D eigenvalue weighted by Gasteiger charge is 2.26. The minimum absolute atomic E-state index is 0.134. The van der Waals surface area contributed by atoms with Gasteiger partial charge in [-0.3, -0.25) is 19.8 Å². The van der Waals surface area contributed by atoms with E-state index in [2.05, 4.69) is 57.2 Å². The van der Waals surface area contributed by atoms with E-state index < -0.39 is 20.9 Å². The molecule has 3 N–H and O–H groups in total. The first-order valence-corrected chi connectivity index (χ1v) is 20.2. The van der Waals surface area contributed by atoms with Crippen molar-refractivity contribution in [2.75, 3.05) is 68.1 Å². The maximum Gasteiger partial charge on any atom is 0.293 e. The summed E-state index contributed by atoms with van der Waals surface area (Å²) in [6.45, 7) is 9.24. The standard InChI is InChI=1S/C39H49N7O5S2/c1-29(2)40-36-13-9-8-10-31(36)27-44-22-24-45(25-23-44)33-16-14-30(15-17-33)39(47)42-53(50,51)35-18-19-37(38(26-35)46(48)49)41-32(20-21-43(3)4)28-52-34-11-6-5-7-12-34/h5-19,26,29,32,40-41H,20-25,27-28H2,1-4H3,(H,42,47)/t32-/m1/s1. The van der Waals surface area contributed by atoms with Gasteiger partial charge in [-0.2, -0.15) is 0 Å². The molecule has 1 saturated heterocycles. The van der Waals surface area contributed by atoms with Crippen molar-refractivity contribution in [1.29, 1.82) is 0 Å².